The number of rotatable bonds is 5. The Morgan fingerprint density at radius 1 is 1.75 bits per heavy atom. The number of hydrogen-bond acceptors (Lipinski definition) is 5. The van der Waals surface area contributed by atoms with Crippen molar-refractivity contribution in [3.05, 3.63) is 40.6 Å². The monoisotopic (exact) mass is 224 g/mol. The number of carboxylic acid groups (broad SMARTS) is 1. The summed E-state index contributed by atoms with van der Waals surface area (Å²) in [7, 11) is 0. The molecule has 1 aromatic rings. The molecule has 16 heavy (non-hydrogen) atoms. The molecule has 1 heterocycles. The summed E-state index contributed by atoms with van der Waals surface area (Å²) in [5.41, 5.74) is -0.751. The second-order valence-corrected chi connectivity index (χ2v) is 2.71. The van der Waals surface area contributed by atoms with Crippen LogP contribution in [-0.4, -0.2) is 27.6 Å². The molecule has 1 N–H and O–H groups in total. The normalized spacial score (nSPS) is 9.50. The number of hydrogen-bond donors (Lipinski definition) is 1. The van der Waals surface area contributed by atoms with Crippen molar-refractivity contribution < 1.29 is 19.6 Å². The van der Waals surface area contributed by atoms with Crippen LogP contribution in [0.15, 0.2) is 24.9 Å². The summed E-state index contributed by atoms with van der Waals surface area (Å²) in [6.45, 7) is 3.46. The van der Waals surface area contributed by atoms with Gasteiger partial charge < -0.3 is 9.84 Å². The lowest BCUT2D eigenvalue weighted by Crippen LogP contribution is -2.06. The highest BCUT2D eigenvalue weighted by Crippen LogP contribution is 2.20. The van der Waals surface area contributed by atoms with Gasteiger partial charge >= 0.3 is 5.97 Å². The van der Waals surface area contributed by atoms with Gasteiger partial charge in [0.15, 0.2) is 0 Å². The maximum Gasteiger partial charge on any atom is 0.341 e. The van der Waals surface area contributed by atoms with E-state index in [-0.39, 0.29) is 18.1 Å². The molecule has 0 saturated heterocycles. The highest BCUT2D eigenvalue weighted by Gasteiger charge is 2.18. The summed E-state index contributed by atoms with van der Waals surface area (Å²) in [5.74, 6) is -1.51. The van der Waals surface area contributed by atoms with Crippen molar-refractivity contribution >= 4 is 11.7 Å². The maximum atomic E-state index is 10.8. The average Bonchev–Trinajstić information content (AvgIpc) is 2.25. The van der Waals surface area contributed by atoms with Gasteiger partial charge in [0.05, 0.1) is 4.92 Å². The van der Waals surface area contributed by atoms with E-state index in [1.165, 1.54) is 6.08 Å². The van der Waals surface area contributed by atoms with Crippen molar-refractivity contribution in [1.29, 1.82) is 0 Å². The van der Waals surface area contributed by atoms with E-state index in [4.69, 9.17) is 9.84 Å². The Morgan fingerprint density at radius 2 is 2.44 bits per heavy atom. The second-order valence-electron chi connectivity index (χ2n) is 2.71. The van der Waals surface area contributed by atoms with Crippen molar-refractivity contribution in [3.63, 3.8) is 0 Å². The second kappa shape index (κ2) is 4.87. The molecule has 0 spiro atoms. The Morgan fingerprint density at radius 3 is 2.94 bits per heavy atom. The molecule has 7 nitrogen and oxygen atoms in total. The van der Waals surface area contributed by atoms with Crippen LogP contribution < -0.4 is 4.74 Å². The first-order chi connectivity index (χ1) is 7.56. The Hall–Kier alpha value is -2.44. The van der Waals surface area contributed by atoms with E-state index in [0.29, 0.717) is 0 Å². The lowest BCUT2D eigenvalue weighted by atomic mass is 10.2. The van der Waals surface area contributed by atoms with Crippen LogP contribution in [0.2, 0.25) is 0 Å². The van der Waals surface area contributed by atoms with Crippen LogP contribution in [0.5, 0.6) is 5.88 Å². The summed E-state index contributed by atoms with van der Waals surface area (Å²) < 4.78 is 4.95. The molecule has 0 atom stereocenters. The average molecular weight is 224 g/mol. The molecule has 0 bridgehead atoms. The fourth-order valence-electron chi connectivity index (χ4n) is 0.947. The van der Waals surface area contributed by atoms with E-state index >= 15 is 0 Å². The van der Waals surface area contributed by atoms with Gasteiger partial charge in [-0.2, -0.15) is 0 Å². The van der Waals surface area contributed by atoms with Crippen LogP contribution in [0.25, 0.3) is 0 Å². The molecular weight excluding hydrogens is 216 g/mol. The van der Waals surface area contributed by atoms with E-state index in [1.807, 2.05) is 0 Å². The van der Waals surface area contributed by atoms with Gasteiger partial charge in [-0.15, -0.1) is 0 Å². The number of carboxylic acids is 1. The molecule has 0 aliphatic rings. The predicted molar refractivity (Wildman–Crippen MR) is 53.5 cm³/mol. The highest BCUT2D eigenvalue weighted by molar-refractivity contribution is 5.90. The summed E-state index contributed by atoms with van der Waals surface area (Å²) in [6.07, 6.45) is 2.35. The molecule has 0 amide bonds. The zero-order chi connectivity index (χ0) is 12.1. The third-order valence-electron chi connectivity index (χ3n) is 1.62. The number of aromatic carboxylic acids is 1. The van der Waals surface area contributed by atoms with E-state index in [0.717, 1.165) is 12.3 Å². The van der Waals surface area contributed by atoms with Gasteiger partial charge in [0, 0.05) is 6.07 Å². The molecule has 0 aliphatic heterocycles. The molecule has 1 rings (SSSR count). The number of aromatic nitrogens is 1. The molecule has 7 heteroatoms. The van der Waals surface area contributed by atoms with Crippen molar-refractivity contribution in [1.82, 2.24) is 4.98 Å². The minimum Gasteiger partial charge on any atom is -0.477 e. The fraction of sp³-hybridized carbons (Fsp3) is 0.111. The largest absolute Gasteiger partial charge is 0.477 e. The summed E-state index contributed by atoms with van der Waals surface area (Å²) in [6, 6.07) is 0.897. The van der Waals surface area contributed by atoms with E-state index in [9.17, 15) is 14.9 Å². The summed E-state index contributed by atoms with van der Waals surface area (Å²) in [4.78, 5) is 24.0. The first-order valence-electron chi connectivity index (χ1n) is 4.17. The maximum absolute atomic E-state index is 10.8. The first kappa shape index (κ1) is 11.6. The van der Waals surface area contributed by atoms with Gasteiger partial charge in [-0.3, -0.25) is 10.1 Å². The van der Waals surface area contributed by atoms with Gasteiger partial charge in [0.2, 0.25) is 5.88 Å². The number of ether oxygens (including phenoxy) is 1. The van der Waals surface area contributed by atoms with Crippen molar-refractivity contribution in [2.75, 3.05) is 6.61 Å². The molecule has 1 aromatic heterocycles. The molecule has 0 aromatic carbocycles. The zero-order valence-electron chi connectivity index (χ0n) is 8.12. The number of nitrogens with zero attached hydrogens (tertiary/aromatic N) is 2. The standard InChI is InChI=1S/C9H8N2O5/c1-2-3-16-8-7(9(12)13)4-6(5-10-8)11(14)15/h2,4-5H,1,3H2,(H,12,13). The predicted octanol–water partition coefficient (Wildman–Crippen LogP) is 1.25. The van der Waals surface area contributed by atoms with Crippen molar-refractivity contribution in [2.45, 2.75) is 0 Å². The van der Waals surface area contributed by atoms with E-state index in [2.05, 4.69) is 11.6 Å². The van der Waals surface area contributed by atoms with Gasteiger partial charge in [-0.1, -0.05) is 12.7 Å². The Bertz CT molecular complexity index is 444. The van der Waals surface area contributed by atoms with Gasteiger partial charge in [0.1, 0.15) is 18.4 Å². The number of pyridine rings is 1. The zero-order valence-corrected chi connectivity index (χ0v) is 8.12. The highest BCUT2D eigenvalue weighted by atomic mass is 16.6. The lowest BCUT2D eigenvalue weighted by Gasteiger charge is -2.04. The van der Waals surface area contributed by atoms with Crippen LogP contribution in [0.3, 0.4) is 0 Å². The quantitative estimate of drug-likeness (QED) is 0.458. The molecule has 0 unspecified atom stereocenters. The minimum atomic E-state index is -1.34. The van der Waals surface area contributed by atoms with Crippen LogP contribution in [-0.2, 0) is 0 Å². The third kappa shape index (κ3) is 2.53. The summed E-state index contributed by atoms with van der Waals surface area (Å²) in [5, 5.41) is 19.2. The van der Waals surface area contributed by atoms with E-state index < -0.39 is 16.6 Å². The lowest BCUT2D eigenvalue weighted by molar-refractivity contribution is -0.385. The SMILES string of the molecule is C=CCOc1ncc([N+](=O)[O-])cc1C(=O)O. The van der Waals surface area contributed by atoms with Gasteiger partial charge in [0.25, 0.3) is 5.69 Å². The van der Waals surface area contributed by atoms with Gasteiger partial charge in [-0.05, 0) is 0 Å². The molecule has 0 radical (unpaired) electrons. The van der Waals surface area contributed by atoms with Crippen molar-refractivity contribution in [3.8, 4) is 5.88 Å². The Balaban J connectivity index is 3.13. The molecule has 84 valence electrons. The third-order valence-corrected chi connectivity index (χ3v) is 1.62. The Labute approximate surface area is 90.1 Å². The van der Waals surface area contributed by atoms with Crippen LogP contribution in [0, 0.1) is 10.1 Å². The molecular formula is C9H8N2O5. The van der Waals surface area contributed by atoms with Crippen LogP contribution in [0.1, 0.15) is 10.4 Å². The number of nitro groups is 1. The van der Waals surface area contributed by atoms with Crippen LogP contribution >= 0.6 is 0 Å². The topological polar surface area (TPSA) is 103 Å². The number of carbonyl (C=O) groups is 1. The molecule has 0 fully saturated rings. The molecule has 0 aliphatic carbocycles. The first-order valence-corrected chi connectivity index (χ1v) is 4.17. The van der Waals surface area contributed by atoms with Crippen LogP contribution in [0.4, 0.5) is 5.69 Å². The molecule has 0 saturated carbocycles. The Kier molecular flexibility index (Phi) is 3.54. The minimum absolute atomic E-state index is 0.0745. The van der Waals surface area contributed by atoms with Gasteiger partial charge in [-0.25, -0.2) is 9.78 Å². The summed E-state index contributed by atoms with van der Waals surface area (Å²) >= 11 is 0. The van der Waals surface area contributed by atoms with Crippen molar-refractivity contribution in [2.24, 2.45) is 0 Å². The smallest absolute Gasteiger partial charge is 0.341 e. The fourth-order valence-corrected chi connectivity index (χ4v) is 0.947. The van der Waals surface area contributed by atoms with E-state index in [1.54, 1.807) is 0 Å².